The Morgan fingerprint density at radius 2 is 2.10 bits per heavy atom. The zero-order chi connectivity index (χ0) is 7.56. The average molecular weight is 248 g/mol. The van der Waals surface area contributed by atoms with Gasteiger partial charge in [-0.05, 0) is 46.4 Å². The predicted molar refractivity (Wildman–Crippen MR) is 51.5 cm³/mol. The SMILES string of the molecule is NCc1cc(I)ccc1N. The smallest absolute Gasteiger partial charge is 0.0360 e. The number of rotatable bonds is 1. The molecule has 0 bridgehead atoms. The molecule has 0 spiro atoms. The van der Waals surface area contributed by atoms with Crippen LogP contribution < -0.4 is 11.5 Å². The molecule has 3 heteroatoms. The van der Waals surface area contributed by atoms with E-state index in [1.54, 1.807) is 0 Å². The molecule has 0 saturated heterocycles. The maximum atomic E-state index is 5.62. The van der Waals surface area contributed by atoms with Crippen LogP contribution in [0.25, 0.3) is 0 Å². The summed E-state index contributed by atoms with van der Waals surface area (Å²) in [6.45, 7) is 0.517. The monoisotopic (exact) mass is 248 g/mol. The molecule has 0 aliphatic heterocycles. The Morgan fingerprint density at radius 3 is 2.60 bits per heavy atom. The minimum absolute atomic E-state index is 0.517. The van der Waals surface area contributed by atoms with Crippen LogP contribution >= 0.6 is 22.6 Å². The van der Waals surface area contributed by atoms with Crippen LogP contribution in [0.3, 0.4) is 0 Å². The van der Waals surface area contributed by atoms with Gasteiger partial charge in [0.2, 0.25) is 0 Å². The van der Waals surface area contributed by atoms with E-state index in [-0.39, 0.29) is 0 Å². The number of benzene rings is 1. The van der Waals surface area contributed by atoms with Gasteiger partial charge in [-0.1, -0.05) is 0 Å². The number of nitrogen functional groups attached to an aromatic ring is 1. The van der Waals surface area contributed by atoms with Gasteiger partial charge >= 0.3 is 0 Å². The van der Waals surface area contributed by atoms with Gasteiger partial charge in [0.25, 0.3) is 0 Å². The molecule has 0 saturated carbocycles. The fourth-order valence-electron chi connectivity index (χ4n) is 0.751. The summed E-state index contributed by atoms with van der Waals surface area (Å²) in [6, 6.07) is 5.84. The van der Waals surface area contributed by atoms with Crippen LogP contribution in [0.1, 0.15) is 5.56 Å². The quantitative estimate of drug-likeness (QED) is 0.582. The second-order valence-electron chi connectivity index (χ2n) is 2.05. The van der Waals surface area contributed by atoms with Crippen molar-refractivity contribution in [1.82, 2.24) is 0 Å². The van der Waals surface area contributed by atoms with Gasteiger partial charge in [0, 0.05) is 15.8 Å². The number of hydrogen-bond acceptors (Lipinski definition) is 2. The van der Waals surface area contributed by atoms with Crippen molar-refractivity contribution in [2.45, 2.75) is 6.54 Å². The number of nitrogens with two attached hydrogens (primary N) is 2. The molecule has 0 unspecified atom stereocenters. The molecule has 2 nitrogen and oxygen atoms in total. The third-order valence-corrected chi connectivity index (χ3v) is 2.00. The van der Waals surface area contributed by atoms with Crippen LogP contribution in [0, 0.1) is 3.57 Å². The van der Waals surface area contributed by atoms with E-state index < -0.39 is 0 Å². The Morgan fingerprint density at radius 1 is 1.40 bits per heavy atom. The molecule has 1 aromatic carbocycles. The lowest BCUT2D eigenvalue weighted by Gasteiger charge is -2.01. The second-order valence-corrected chi connectivity index (χ2v) is 3.29. The number of anilines is 1. The lowest BCUT2D eigenvalue weighted by molar-refractivity contribution is 1.07. The van der Waals surface area contributed by atoms with Gasteiger partial charge in [-0.3, -0.25) is 0 Å². The van der Waals surface area contributed by atoms with Crippen molar-refractivity contribution in [3.8, 4) is 0 Å². The van der Waals surface area contributed by atoms with Crippen LogP contribution in [-0.2, 0) is 6.54 Å². The van der Waals surface area contributed by atoms with Gasteiger partial charge in [0.15, 0.2) is 0 Å². The molecule has 1 aromatic rings. The molecular formula is C7H9IN2. The van der Waals surface area contributed by atoms with Gasteiger partial charge in [-0.15, -0.1) is 0 Å². The first kappa shape index (κ1) is 7.81. The first-order valence-electron chi connectivity index (χ1n) is 2.98. The van der Waals surface area contributed by atoms with E-state index in [4.69, 9.17) is 11.5 Å². The highest BCUT2D eigenvalue weighted by Gasteiger charge is 1.95. The maximum absolute atomic E-state index is 5.62. The van der Waals surface area contributed by atoms with Crippen LogP contribution in [0.2, 0.25) is 0 Å². The molecule has 0 aliphatic carbocycles. The summed E-state index contributed by atoms with van der Waals surface area (Å²) < 4.78 is 1.17. The fraction of sp³-hybridized carbons (Fsp3) is 0.143. The van der Waals surface area contributed by atoms with Crippen LogP contribution in [0.15, 0.2) is 18.2 Å². The van der Waals surface area contributed by atoms with Gasteiger partial charge in [0.1, 0.15) is 0 Å². The van der Waals surface area contributed by atoms with Crippen molar-refractivity contribution in [2.24, 2.45) is 5.73 Å². The first-order valence-corrected chi connectivity index (χ1v) is 4.06. The summed E-state index contributed by atoms with van der Waals surface area (Å²) in [5, 5.41) is 0. The van der Waals surface area contributed by atoms with Crippen molar-refractivity contribution < 1.29 is 0 Å². The summed E-state index contributed by atoms with van der Waals surface area (Å²) >= 11 is 2.23. The fourth-order valence-corrected chi connectivity index (χ4v) is 1.31. The molecule has 0 radical (unpaired) electrons. The van der Waals surface area contributed by atoms with Crippen molar-refractivity contribution in [3.05, 3.63) is 27.3 Å². The topological polar surface area (TPSA) is 52.0 Å². The molecule has 0 aromatic heterocycles. The van der Waals surface area contributed by atoms with Crippen molar-refractivity contribution >= 4 is 28.3 Å². The molecule has 54 valence electrons. The normalized spacial score (nSPS) is 9.80. The van der Waals surface area contributed by atoms with E-state index in [0.717, 1.165) is 11.3 Å². The van der Waals surface area contributed by atoms with Crippen LogP contribution in [0.4, 0.5) is 5.69 Å². The van der Waals surface area contributed by atoms with E-state index in [2.05, 4.69) is 22.6 Å². The van der Waals surface area contributed by atoms with Crippen LogP contribution in [-0.4, -0.2) is 0 Å². The molecule has 4 N–H and O–H groups in total. The lowest BCUT2D eigenvalue weighted by Crippen LogP contribution is -2.01. The summed E-state index contributed by atoms with van der Waals surface area (Å²) in [5.41, 5.74) is 12.9. The van der Waals surface area contributed by atoms with Crippen LogP contribution in [0.5, 0.6) is 0 Å². The summed E-state index contributed by atoms with van der Waals surface area (Å²) in [7, 11) is 0. The minimum atomic E-state index is 0.517. The van der Waals surface area contributed by atoms with Gasteiger partial charge in [0.05, 0.1) is 0 Å². The zero-order valence-electron chi connectivity index (χ0n) is 5.47. The molecule has 1 rings (SSSR count). The Balaban J connectivity index is 3.09. The highest BCUT2D eigenvalue weighted by molar-refractivity contribution is 14.1. The Hall–Kier alpha value is -0.290. The molecule has 0 atom stereocenters. The Kier molecular flexibility index (Phi) is 2.50. The molecule has 0 amide bonds. The Labute approximate surface area is 73.7 Å². The number of hydrogen-bond donors (Lipinski definition) is 2. The van der Waals surface area contributed by atoms with E-state index in [9.17, 15) is 0 Å². The summed E-state index contributed by atoms with van der Waals surface area (Å²) in [5.74, 6) is 0. The van der Waals surface area contributed by atoms with E-state index >= 15 is 0 Å². The molecule has 0 fully saturated rings. The Bertz CT molecular complexity index is 235. The first-order chi connectivity index (χ1) is 4.74. The average Bonchev–Trinajstić information content (AvgIpc) is 1.94. The predicted octanol–water partition coefficient (Wildman–Crippen LogP) is 1.33. The van der Waals surface area contributed by atoms with Crippen molar-refractivity contribution in [2.75, 3.05) is 5.73 Å². The van der Waals surface area contributed by atoms with E-state index in [1.165, 1.54) is 3.57 Å². The molecule has 0 heterocycles. The number of halogens is 1. The largest absolute Gasteiger partial charge is 0.398 e. The highest BCUT2D eigenvalue weighted by Crippen LogP contribution is 2.14. The van der Waals surface area contributed by atoms with Crippen molar-refractivity contribution in [3.63, 3.8) is 0 Å². The second kappa shape index (κ2) is 3.21. The third kappa shape index (κ3) is 1.60. The summed E-state index contributed by atoms with van der Waals surface area (Å²) in [6.07, 6.45) is 0. The third-order valence-electron chi connectivity index (χ3n) is 1.32. The molecule has 10 heavy (non-hydrogen) atoms. The lowest BCUT2D eigenvalue weighted by atomic mass is 10.2. The van der Waals surface area contributed by atoms with Gasteiger partial charge < -0.3 is 11.5 Å². The summed E-state index contributed by atoms with van der Waals surface area (Å²) in [4.78, 5) is 0. The maximum Gasteiger partial charge on any atom is 0.0360 e. The minimum Gasteiger partial charge on any atom is -0.398 e. The molecular weight excluding hydrogens is 239 g/mol. The zero-order valence-corrected chi connectivity index (χ0v) is 7.63. The van der Waals surface area contributed by atoms with E-state index in [1.807, 2.05) is 18.2 Å². The van der Waals surface area contributed by atoms with E-state index in [0.29, 0.717) is 6.54 Å². The van der Waals surface area contributed by atoms with Crippen molar-refractivity contribution in [1.29, 1.82) is 0 Å². The molecule has 0 aliphatic rings. The highest BCUT2D eigenvalue weighted by atomic mass is 127. The van der Waals surface area contributed by atoms with Gasteiger partial charge in [-0.25, -0.2) is 0 Å². The van der Waals surface area contributed by atoms with Gasteiger partial charge in [-0.2, -0.15) is 0 Å². The standard InChI is InChI=1S/C7H9IN2/c8-6-1-2-7(10)5(3-6)4-9/h1-3H,4,9-10H2.